The Kier molecular flexibility index (Phi) is 5.95. The van der Waals surface area contributed by atoms with Crippen LogP contribution in [0.5, 0.6) is 0 Å². The van der Waals surface area contributed by atoms with E-state index < -0.39 is 0 Å². The minimum Gasteiger partial charge on any atom is -0.352 e. The fourth-order valence-corrected chi connectivity index (χ4v) is 2.01. The van der Waals surface area contributed by atoms with E-state index in [9.17, 15) is 9.59 Å². The third-order valence-electron chi connectivity index (χ3n) is 2.67. The van der Waals surface area contributed by atoms with Gasteiger partial charge in [0.1, 0.15) is 0 Å². The van der Waals surface area contributed by atoms with Crippen molar-refractivity contribution in [3.63, 3.8) is 0 Å². The van der Waals surface area contributed by atoms with Gasteiger partial charge in [-0.05, 0) is 33.8 Å². The van der Waals surface area contributed by atoms with Gasteiger partial charge in [0.25, 0.3) is 5.91 Å². The van der Waals surface area contributed by atoms with Crippen LogP contribution in [0.1, 0.15) is 36.8 Å². The molecular formula is C14H20ClN3O2. The summed E-state index contributed by atoms with van der Waals surface area (Å²) in [6.45, 7) is 7.80. The van der Waals surface area contributed by atoms with Crippen molar-refractivity contribution in [1.29, 1.82) is 0 Å². The second-order valence-corrected chi connectivity index (χ2v) is 5.25. The summed E-state index contributed by atoms with van der Waals surface area (Å²) in [4.78, 5) is 29.6. The lowest BCUT2D eigenvalue weighted by Crippen LogP contribution is -2.42. The number of carbonyl (C=O) groups excluding carboxylic acids is 2. The van der Waals surface area contributed by atoms with E-state index in [2.05, 4.69) is 10.3 Å². The maximum atomic E-state index is 12.4. The largest absolute Gasteiger partial charge is 0.352 e. The van der Waals surface area contributed by atoms with E-state index in [1.807, 2.05) is 20.8 Å². The molecule has 110 valence electrons. The van der Waals surface area contributed by atoms with Gasteiger partial charge in [-0.2, -0.15) is 0 Å². The van der Waals surface area contributed by atoms with Crippen molar-refractivity contribution in [3.05, 3.63) is 28.5 Å². The quantitative estimate of drug-likeness (QED) is 0.904. The Balaban J connectivity index is 2.84. The van der Waals surface area contributed by atoms with Crippen LogP contribution in [0, 0.1) is 6.92 Å². The van der Waals surface area contributed by atoms with E-state index in [-0.39, 0.29) is 24.4 Å². The lowest BCUT2D eigenvalue weighted by atomic mass is 10.2. The van der Waals surface area contributed by atoms with Crippen LogP contribution in [-0.2, 0) is 4.79 Å². The number of likely N-dealkylation sites (N-methyl/N-ethyl adjacent to an activating group) is 1. The van der Waals surface area contributed by atoms with Crippen LogP contribution < -0.4 is 5.32 Å². The molecular weight excluding hydrogens is 278 g/mol. The number of nitrogens with one attached hydrogen (secondary N) is 1. The summed E-state index contributed by atoms with van der Waals surface area (Å²) in [5.41, 5.74) is 1.06. The number of nitrogens with zero attached hydrogens (tertiary/aromatic N) is 2. The molecule has 5 nitrogen and oxygen atoms in total. The van der Waals surface area contributed by atoms with Crippen LogP contribution >= 0.6 is 11.6 Å². The number of carbonyl (C=O) groups is 2. The minimum absolute atomic E-state index is 0.0116. The third kappa shape index (κ3) is 4.49. The molecule has 1 N–H and O–H groups in total. The lowest BCUT2D eigenvalue weighted by molar-refractivity contribution is -0.122. The van der Waals surface area contributed by atoms with Gasteiger partial charge >= 0.3 is 0 Å². The van der Waals surface area contributed by atoms with Crippen molar-refractivity contribution in [1.82, 2.24) is 15.2 Å². The Bertz CT molecular complexity index is 503. The van der Waals surface area contributed by atoms with Crippen LogP contribution in [0.3, 0.4) is 0 Å². The molecule has 1 heterocycles. The zero-order chi connectivity index (χ0) is 15.3. The fourth-order valence-electron chi connectivity index (χ4n) is 1.72. The topological polar surface area (TPSA) is 62.3 Å². The Hall–Kier alpha value is -1.62. The van der Waals surface area contributed by atoms with Crippen LogP contribution in [-0.4, -0.2) is 40.8 Å². The summed E-state index contributed by atoms with van der Waals surface area (Å²) < 4.78 is 0. The molecule has 1 rings (SSSR count). The molecule has 0 aliphatic rings. The number of rotatable bonds is 5. The van der Waals surface area contributed by atoms with Gasteiger partial charge in [0.2, 0.25) is 5.91 Å². The molecule has 2 amide bonds. The average Bonchev–Trinajstić information content (AvgIpc) is 2.34. The number of halogens is 1. The average molecular weight is 298 g/mol. The highest BCUT2D eigenvalue weighted by atomic mass is 35.5. The van der Waals surface area contributed by atoms with Gasteiger partial charge in [-0.15, -0.1) is 0 Å². The predicted octanol–water partition coefficient (Wildman–Crippen LogP) is 2.03. The fraction of sp³-hybridized carbons (Fsp3) is 0.500. The van der Waals surface area contributed by atoms with Crippen LogP contribution in [0.15, 0.2) is 12.3 Å². The van der Waals surface area contributed by atoms with Crippen molar-refractivity contribution in [3.8, 4) is 0 Å². The summed E-state index contributed by atoms with van der Waals surface area (Å²) in [6.07, 6.45) is 1.45. The molecule has 0 saturated carbocycles. The summed E-state index contributed by atoms with van der Waals surface area (Å²) in [5, 5.41) is 3.11. The molecule has 0 saturated heterocycles. The zero-order valence-electron chi connectivity index (χ0n) is 12.2. The Labute approximate surface area is 124 Å². The van der Waals surface area contributed by atoms with Gasteiger partial charge in [0, 0.05) is 24.5 Å². The van der Waals surface area contributed by atoms with E-state index in [1.165, 1.54) is 11.1 Å². The smallest absolute Gasteiger partial charge is 0.257 e. The normalized spacial score (nSPS) is 10.5. The van der Waals surface area contributed by atoms with Crippen LogP contribution in [0.4, 0.5) is 0 Å². The van der Waals surface area contributed by atoms with Crippen molar-refractivity contribution >= 4 is 23.4 Å². The van der Waals surface area contributed by atoms with Gasteiger partial charge in [-0.1, -0.05) is 11.6 Å². The minimum atomic E-state index is -0.288. The molecule has 0 aliphatic heterocycles. The van der Waals surface area contributed by atoms with Crippen molar-refractivity contribution in [2.75, 3.05) is 13.1 Å². The molecule has 0 bridgehead atoms. The highest BCUT2D eigenvalue weighted by Crippen LogP contribution is 2.17. The van der Waals surface area contributed by atoms with Crippen molar-refractivity contribution < 1.29 is 9.59 Å². The molecule has 1 aromatic heterocycles. The van der Waals surface area contributed by atoms with Crippen LogP contribution in [0.2, 0.25) is 5.02 Å². The number of hydrogen-bond acceptors (Lipinski definition) is 3. The van der Waals surface area contributed by atoms with Gasteiger partial charge in [-0.25, -0.2) is 0 Å². The molecule has 0 aromatic carbocycles. The monoisotopic (exact) mass is 297 g/mol. The molecule has 0 radical (unpaired) electrons. The molecule has 20 heavy (non-hydrogen) atoms. The molecule has 0 spiro atoms. The molecule has 0 fully saturated rings. The van der Waals surface area contributed by atoms with E-state index in [4.69, 9.17) is 11.6 Å². The van der Waals surface area contributed by atoms with E-state index in [1.54, 1.807) is 13.0 Å². The first-order valence-electron chi connectivity index (χ1n) is 6.56. The first kappa shape index (κ1) is 16.4. The summed E-state index contributed by atoms with van der Waals surface area (Å²) in [7, 11) is 0. The van der Waals surface area contributed by atoms with Crippen molar-refractivity contribution in [2.24, 2.45) is 0 Å². The highest BCUT2D eigenvalue weighted by molar-refractivity contribution is 6.33. The first-order valence-corrected chi connectivity index (χ1v) is 6.93. The molecule has 6 heteroatoms. The molecule has 1 aromatic rings. The number of hydrogen-bond donors (Lipinski definition) is 1. The maximum absolute atomic E-state index is 12.4. The second kappa shape index (κ2) is 7.24. The van der Waals surface area contributed by atoms with E-state index in [0.29, 0.717) is 17.1 Å². The Morgan fingerprint density at radius 1 is 1.45 bits per heavy atom. The van der Waals surface area contributed by atoms with E-state index in [0.717, 1.165) is 5.69 Å². The zero-order valence-corrected chi connectivity index (χ0v) is 13.0. The lowest BCUT2D eigenvalue weighted by Gasteiger charge is -2.21. The highest BCUT2D eigenvalue weighted by Gasteiger charge is 2.20. The SMILES string of the molecule is CCN(CC(=O)NC(C)C)C(=O)c1cnc(C)cc1Cl. The van der Waals surface area contributed by atoms with Gasteiger partial charge in [-0.3, -0.25) is 14.6 Å². The first-order chi connectivity index (χ1) is 9.35. The van der Waals surface area contributed by atoms with Crippen LogP contribution in [0.25, 0.3) is 0 Å². The van der Waals surface area contributed by atoms with Gasteiger partial charge < -0.3 is 10.2 Å². The summed E-state index contributed by atoms with van der Waals surface area (Å²) in [6, 6.07) is 1.68. The van der Waals surface area contributed by atoms with Gasteiger partial charge in [0.05, 0.1) is 17.1 Å². The molecule has 0 atom stereocenters. The number of aromatic nitrogens is 1. The van der Waals surface area contributed by atoms with Gasteiger partial charge in [0.15, 0.2) is 0 Å². The Morgan fingerprint density at radius 2 is 2.10 bits per heavy atom. The summed E-state index contributed by atoms with van der Waals surface area (Å²) >= 11 is 6.06. The molecule has 0 unspecified atom stereocenters. The number of amides is 2. The summed E-state index contributed by atoms with van der Waals surface area (Å²) in [5.74, 6) is -0.477. The third-order valence-corrected chi connectivity index (χ3v) is 2.99. The Morgan fingerprint density at radius 3 is 2.60 bits per heavy atom. The molecule has 0 aliphatic carbocycles. The standard InChI is InChI=1S/C14H20ClN3O2/c1-5-18(8-13(19)17-9(2)3)14(20)11-7-16-10(4)6-12(11)15/h6-7,9H,5,8H2,1-4H3,(H,17,19). The maximum Gasteiger partial charge on any atom is 0.257 e. The predicted molar refractivity (Wildman–Crippen MR) is 78.8 cm³/mol. The number of pyridine rings is 1. The van der Waals surface area contributed by atoms with E-state index >= 15 is 0 Å². The number of aryl methyl sites for hydroxylation is 1. The second-order valence-electron chi connectivity index (χ2n) is 4.85. The van der Waals surface area contributed by atoms with Crippen molar-refractivity contribution in [2.45, 2.75) is 33.7 Å².